The summed E-state index contributed by atoms with van der Waals surface area (Å²) in [4.78, 5) is 0. The van der Waals surface area contributed by atoms with E-state index in [1.54, 1.807) is 6.20 Å². The van der Waals surface area contributed by atoms with E-state index < -0.39 is 10.1 Å². The van der Waals surface area contributed by atoms with E-state index in [-0.39, 0.29) is 6.61 Å². The van der Waals surface area contributed by atoms with E-state index in [9.17, 15) is 8.42 Å². The number of aryl methyl sites for hydroxylation is 1. The Kier molecular flexibility index (Phi) is 7.76. The molecule has 1 heterocycles. The Morgan fingerprint density at radius 2 is 1.90 bits per heavy atom. The van der Waals surface area contributed by atoms with Gasteiger partial charge in [0.05, 0.1) is 24.8 Å². The molecule has 20 heavy (non-hydrogen) atoms. The highest BCUT2D eigenvalue weighted by Gasteiger charge is 2.06. The zero-order valence-corrected chi connectivity index (χ0v) is 13.2. The van der Waals surface area contributed by atoms with Crippen molar-refractivity contribution in [2.24, 2.45) is 0 Å². The molecule has 0 amide bonds. The molecule has 0 unspecified atom stereocenters. The van der Waals surface area contributed by atoms with Gasteiger partial charge in [-0.25, -0.2) is 4.68 Å². The molecule has 0 atom stereocenters. The lowest BCUT2D eigenvalue weighted by atomic mass is 10.1. The van der Waals surface area contributed by atoms with Crippen LogP contribution in [-0.4, -0.2) is 36.3 Å². The first kappa shape index (κ1) is 17.1. The van der Waals surface area contributed by atoms with Crippen molar-refractivity contribution in [3.63, 3.8) is 0 Å². The number of hydrogen-bond acceptors (Lipinski definition) is 5. The van der Waals surface area contributed by atoms with E-state index in [2.05, 4.69) is 17.2 Å². The van der Waals surface area contributed by atoms with E-state index in [4.69, 9.17) is 4.18 Å². The Morgan fingerprint density at radius 3 is 2.60 bits per heavy atom. The van der Waals surface area contributed by atoms with Crippen LogP contribution in [0.4, 0.5) is 0 Å². The van der Waals surface area contributed by atoms with Crippen LogP contribution in [0.25, 0.3) is 0 Å². The molecule has 0 fully saturated rings. The first-order valence-electron chi connectivity index (χ1n) is 7.24. The first-order chi connectivity index (χ1) is 9.53. The van der Waals surface area contributed by atoms with Crippen LogP contribution in [0.15, 0.2) is 6.20 Å². The average Bonchev–Trinajstić information content (AvgIpc) is 2.80. The Hall–Kier alpha value is -0.950. The van der Waals surface area contributed by atoms with E-state index >= 15 is 0 Å². The van der Waals surface area contributed by atoms with Crippen LogP contribution in [0.1, 0.15) is 51.1 Å². The molecule has 7 heteroatoms. The normalized spacial score (nSPS) is 11.9. The molecule has 0 bridgehead atoms. The molecule has 0 aliphatic rings. The predicted molar refractivity (Wildman–Crippen MR) is 77.9 cm³/mol. The number of nitrogens with zero attached hydrogens (tertiary/aromatic N) is 3. The minimum Gasteiger partial charge on any atom is -0.270 e. The smallest absolute Gasteiger partial charge is 0.264 e. The van der Waals surface area contributed by atoms with Crippen molar-refractivity contribution in [1.29, 1.82) is 0 Å². The molecule has 1 rings (SSSR count). The van der Waals surface area contributed by atoms with Crippen LogP contribution in [0.2, 0.25) is 0 Å². The van der Waals surface area contributed by atoms with Crippen molar-refractivity contribution in [3.8, 4) is 0 Å². The monoisotopic (exact) mass is 303 g/mol. The highest BCUT2D eigenvalue weighted by molar-refractivity contribution is 7.85. The van der Waals surface area contributed by atoms with Crippen LogP contribution in [0.3, 0.4) is 0 Å². The van der Waals surface area contributed by atoms with Gasteiger partial charge in [-0.3, -0.25) is 4.18 Å². The molecule has 0 spiro atoms. The quantitative estimate of drug-likeness (QED) is 0.462. The Labute approximate surface area is 121 Å². The first-order valence-corrected chi connectivity index (χ1v) is 9.06. The SMILES string of the molecule is CCCCCCCCn1nncc1CCOS(C)(=O)=O. The van der Waals surface area contributed by atoms with Gasteiger partial charge in [-0.15, -0.1) is 5.10 Å². The second-order valence-corrected chi connectivity index (χ2v) is 6.64. The van der Waals surface area contributed by atoms with Crippen LogP contribution in [0, 0.1) is 0 Å². The zero-order chi connectivity index (χ0) is 14.8. The maximum absolute atomic E-state index is 10.9. The number of rotatable bonds is 11. The van der Waals surface area contributed by atoms with Gasteiger partial charge >= 0.3 is 0 Å². The van der Waals surface area contributed by atoms with Crippen molar-refractivity contribution < 1.29 is 12.6 Å². The molecule has 0 saturated carbocycles. The van der Waals surface area contributed by atoms with Gasteiger partial charge in [0, 0.05) is 13.0 Å². The number of hydrogen-bond donors (Lipinski definition) is 0. The summed E-state index contributed by atoms with van der Waals surface area (Å²) >= 11 is 0. The topological polar surface area (TPSA) is 74.1 Å². The van der Waals surface area contributed by atoms with Crippen molar-refractivity contribution >= 4 is 10.1 Å². The third-order valence-corrected chi connectivity index (χ3v) is 3.67. The summed E-state index contributed by atoms with van der Waals surface area (Å²) in [5, 5.41) is 7.90. The molecule has 0 aromatic carbocycles. The van der Waals surface area contributed by atoms with Crippen molar-refractivity contribution in [3.05, 3.63) is 11.9 Å². The Morgan fingerprint density at radius 1 is 1.20 bits per heavy atom. The molecule has 0 aliphatic carbocycles. The highest BCUT2D eigenvalue weighted by atomic mass is 32.2. The highest BCUT2D eigenvalue weighted by Crippen LogP contribution is 2.07. The minimum atomic E-state index is -3.37. The molecule has 0 aliphatic heterocycles. The lowest BCUT2D eigenvalue weighted by molar-refractivity contribution is 0.321. The standard InChI is InChI=1S/C13H25N3O3S/c1-3-4-5-6-7-8-10-16-13(12-14-15-16)9-11-19-20(2,17)18/h12H,3-11H2,1-2H3. The number of aromatic nitrogens is 3. The van der Waals surface area contributed by atoms with Gasteiger partial charge in [-0.2, -0.15) is 8.42 Å². The zero-order valence-electron chi connectivity index (χ0n) is 12.4. The van der Waals surface area contributed by atoms with Crippen LogP contribution < -0.4 is 0 Å². The van der Waals surface area contributed by atoms with Gasteiger partial charge < -0.3 is 0 Å². The third kappa shape index (κ3) is 7.59. The van der Waals surface area contributed by atoms with Gasteiger partial charge in [-0.05, 0) is 6.42 Å². The molecule has 1 aromatic heterocycles. The van der Waals surface area contributed by atoms with Crippen LogP contribution in [-0.2, 0) is 27.3 Å². The fourth-order valence-electron chi connectivity index (χ4n) is 2.00. The second kappa shape index (κ2) is 9.07. The second-order valence-electron chi connectivity index (χ2n) is 4.99. The summed E-state index contributed by atoms with van der Waals surface area (Å²) in [6, 6.07) is 0. The van der Waals surface area contributed by atoms with Gasteiger partial charge in [0.25, 0.3) is 10.1 Å². The largest absolute Gasteiger partial charge is 0.270 e. The molecular weight excluding hydrogens is 278 g/mol. The molecule has 116 valence electrons. The van der Waals surface area contributed by atoms with Crippen molar-refractivity contribution in [2.75, 3.05) is 12.9 Å². The fraction of sp³-hybridized carbons (Fsp3) is 0.846. The van der Waals surface area contributed by atoms with E-state index in [1.165, 1.54) is 32.1 Å². The maximum Gasteiger partial charge on any atom is 0.264 e. The summed E-state index contributed by atoms with van der Waals surface area (Å²) < 4.78 is 28.3. The fourth-order valence-corrected chi connectivity index (χ4v) is 2.39. The van der Waals surface area contributed by atoms with Crippen molar-refractivity contribution in [2.45, 2.75) is 58.4 Å². The van der Waals surface area contributed by atoms with Crippen LogP contribution >= 0.6 is 0 Å². The maximum atomic E-state index is 10.9. The van der Waals surface area contributed by atoms with Gasteiger partial charge in [0.1, 0.15) is 0 Å². The summed E-state index contributed by atoms with van der Waals surface area (Å²) in [6.07, 6.45) is 10.6. The lowest BCUT2D eigenvalue weighted by Gasteiger charge is -2.06. The van der Waals surface area contributed by atoms with Crippen molar-refractivity contribution in [1.82, 2.24) is 15.0 Å². The third-order valence-electron chi connectivity index (χ3n) is 3.08. The average molecular weight is 303 g/mol. The molecule has 0 radical (unpaired) electrons. The molecule has 0 N–H and O–H groups in total. The molecule has 6 nitrogen and oxygen atoms in total. The molecule has 1 aromatic rings. The molecular formula is C13H25N3O3S. The summed E-state index contributed by atoms with van der Waals surface area (Å²) in [5.74, 6) is 0. The van der Waals surface area contributed by atoms with Gasteiger partial charge in [0.15, 0.2) is 0 Å². The predicted octanol–water partition coefficient (Wildman–Crippen LogP) is 2.16. The molecule has 0 saturated heterocycles. The van der Waals surface area contributed by atoms with E-state index in [1.807, 2.05) is 4.68 Å². The summed E-state index contributed by atoms with van der Waals surface area (Å²) in [7, 11) is -3.37. The van der Waals surface area contributed by atoms with Gasteiger partial charge in [-0.1, -0.05) is 44.2 Å². The van der Waals surface area contributed by atoms with E-state index in [0.717, 1.165) is 24.9 Å². The summed E-state index contributed by atoms with van der Waals surface area (Å²) in [5.41, 5.74) is 0.919. The number of unbranched alkanes of at least 4 members (excludes halogenated alkanes) is 5. The lowest BCUT2D eigenvalue weighted by Crippen LogP contribution is -2.10. The van der Waals surface area contributed by atoms with Crippen LogP contribution in [0.5, 0.6) is 0 Å². The Bertz CT molecular complexity index is 471. The minimum absolute atomic E-state index is 0.142. The van der Waals surface area contributed by atoms with Gasteiger partial charge in [0.2, 0.25) is 0 Å². The summed E-state index contributed by atoms with van der Waals surface area (Å²) in [6.45, 7) is 3.18. The van der Waals surface area contributed by atoms with E-state index in [0.29, 0.717) is 6.42 Å². The Balaban J connectivity index is 2.24.